The van der Waals surface area contributed by atoms with Crippen LogP contribution in [0.25, 0.3) is 0 Å². The molecule has 0 fully saturated rings. The maximum absolute atomic E-state index is 11.6. The number of nitrogens with one attached hydrogen (secondary N) is 2. The van der Waals surface area contributed by atoms with Crippen LogP contribution in [-0.2, 0) is 4.79 Å². The molecule has 0 aliphatic carbocycles. The monoisotopic (exact) mass is 221 g/mol. The van der Waals surface area contributed by atoms with Gasteiger partial charge in [0, 0.05) is 18.0 Å². The van der Waals surface area contributed by atoms with Crippen molar-refractivity contribution in [2.75, 3.05) is 17.7 Å². The van der Waals surface area contributed by atoms with E-state index in [1.807, 2.05) is 13.8 Å². The van der Waals surface area contributed by atoms with Crippen molar-refractivity contribution in [2.45, 2.75) is 25.8 Å². The summed E-state index contributed by atoms with van der Waals surface area (Å²) in [5.74, 6) is 1.16. The van der Waals surface area contributed by atoms with Crippen LogP contribution < -0.4 is 15.4 Å². The molecule has 5 heteroatoms. The van der Waals surface area contributed by atoms with Crippen molar-refractivity contribution in [3.63, 3.8) is 0 Å². The number of carbonyl (C=O) groups excluding carboxylic acids is 1. The van der Waals surface area contributed by atoms with E-state index in [1.165, 1.54) is 0 Å². The molecule has 0 atom stereocenters. The highest BCUT2D eigenvalue weighted by atomic mass is 16.5. The largest absolute Gasteiger partial charge is 0.481 e. The SMILES string of the molecule is COc1ccc2c(n1)NC(C)(C)CC(=O)N2. The molecule has 0 aromatic carbocycles. The second-order valence-corrected chi connectivity index (χ2v) is 4.48. The lowest BCUT2D eigenvalue weighted by Gasteiger charge is -2.23. The highest BCUT2D eigenvalue weighted by Gasteiger charge is 2.27. The highest BCUT2D eigenvalue weighted by Crippen LogP contribution is 2.30. The molecule has 0 saturated heterocycles. The number of rotatable bonds is 1. The van der Waals surface area contributed by atoms with Gasteiger partial charge in [0.2, 0.25) is 11.8 Å². The quantitative estimate of drug-likeness (QED) is 0.756. The molecule has 0 radical (unpaired) electrons. The number of aromatic nitrogens is 1. The van der Waals surface area contributed by atoms with Crippen molar-refractivity contribution in [1.82, 2.24) is 4.98 Å². The number of pyridine rings is 1. The molecule has 0 spiro atoms. The van der Waals surface area contributed by atoms with Crippen LogP contribution in [0.5, 0.6) is 5.88 Å². The summed E-state index contributed by atoms with van der Waals surface area (Å²) in [5.41, 5.74) is 0.380. The summed E-state index contributed by atoms with van der Waals surface area (Å²) < 4.78 is 5.05. The second kappa shape index (κ2) is 3.66. The van der Waals surface area contributed by atoms with Crippen LogP contribution in [0.3, 0.4) is 0 Å². The van der Waals surface area contributed by atoms with E-state index >= 15 is 0 Å². The van der Waals surface area contributed by atoms with Gasteiger partial charge in [-0.05, 0) is 19.9 Å². The Morgan fingerprint density at radius 3 is 2.88 bits per heavy atom. The van der Waals surface area contributed by atoms with E-state index in [0.29, 0.717) is 23.8 Å². The van der Waals surface area contributed by atoms with Crippen molar-refractivity contribution < 1.29 is 9.53 Å². The van der Waals surface area contributed by atoms with Gasteiger partial charge in [-0.15, -0.1) is 0 Å². The van der Waals surface area contributed by atoms with Gasteiger partial charge >= 0.3 is 0 Å². The van der Waals surface area contributed by atoms with Crippen LogP contribution in [-0.4, -0.2) is 23.5 Å². The Kier molecular flexibility index (Phi) is 2.46. The fourth-order valence-corrected chi connectivity index (χ4v) is 1.71. The fourth-order valence-electron chi connectivity index (χ4n) is 1.71. The third-order valence-electron chi connectivity index (χ3n) is 2.41. The first-order valence-corrected chi connectivity index (χ1v) is 5.13. The third-order valence-corrected chi connectivity index (χ3v) is 2.41. The van der Waals surface area contributed by atoms with E-state index in [9.17, 15) is 4.79 Å². The van der Waals surface area contributed by atoms with Gasteiger partial charge in [-0.3, -0.25) is 4.79 Å². The summed E-state index contributed by atoms with van der Waals surface area (Å²) in [5, 5.41) is 6.04. The van der Waals surface area contributed by atoms with E-state index in [2.05, 4.69) is 15.6 Å². The number of methoxy groups -OCH3 is 1. The first-order chi connectivity index (χ1) is 7.50. The van der Waals surface area contributed by atoms with Crippen LogP contribution in [0.4, 0.5) is 11.5 Å². The number of anilines is 2. The minimum atomic E-state index is -0.311. The van der Waals surface area contributed by atoms with Crippen molar-refractivity contribution in [3.05, 3.63) is 12.1 Å². The van der Waals surface area contributed by atoms with Gasteiger partial charge in [0.1, 0.15) is 0 Å². The lowest BCUT2D eigenvalue weighted by atomic mass is 10.0. The van der Waals surface area contributed by atoms with Crippen molar-refractivity contribution in [3.8, 4) is 5.88 Å². The summed E-state index contributed by atoms with van der Waals surface area (Å²) >= 11 is 0. The zero-order valence-corrected chi connectivity index (χ0v) is 9.63. The highest BCUT2D eigenvalue weighted by molar-refractivity contribution is 5.96. The third kappa shape index (κ3) is 2.08. The van der Waals surface area contributed by atoms with Gasteiger partial charge < -0.3 is 15.4 Å². The lowest BCUT2D eigenvalue weighted by molar-refractivity contribution is -0.116. The van der Waals surface area contributed by atoms with E-state index in [4.69, 9.17) is 4.74 Å². The Balaban J connectivity index is 2.43. The van der Waals surface area contributed by atoms with E-state index in [1.54, 1.807) is 19.2 Å². The zero-order valence-electron chi connectivity index (χ0n) is 9.63. The maximum atomic E-state index is 11.6. The molecular weight excluding hydrogens is 206 g/mol. The average Bonchev–Trinajstić information content (AvgIpc) is 2.29. The summed E-state index contributed by atoms with van der Waals surface area (Å²) in [4.78, 5) is 15.9. The molecule has 2 N–H and O–H groups in total. The molecule has 0 unspecified atom stereocenters. The molecule has 2 heterocycles. The molecule has 86 valence electrons. The van der Waals surface area contributed by atoms with Crippen molar-refractivity contribution in [2.24, 2.45) is 0 Å². The smallest absolute Gasteiger partial charge is 0.226 e. The van der Waals surface area contributed by atoms with Gasteiger partial charge in [-0.1, -0.05) is 0 Å². The minimum Gasteiger partial charge on any atom is -0.481 e. The number of hydrogen-bond acceptors (Lipinski definition) is 4. The predicted octanol–water partition coefficient (Wildman–Crippen LogP) is 1.62. The fraction of sp³-hybridized carbons (Fsp3) is 0.455. The minimum absolute atomic E-state index is 0.0109. The molecule has 1 aliphatic rings. The standard InChI is InChI=1S/C11H15N3O2/c1-11(2)6-8(15)12-7-4-5-9(16-3)13-10(7)14-11/h4-5H,6H2,1-3H3,(H,12,15)(H,13,14). The maximum Gasteiger partial charge on any atom is 0.226 e. The molecule has 5 nitrogen and oxygen atoms in total. The first-order valence-electron chi connectivity index (χ1n) is 5.13. The Hall–Kier alpha value is -1.78. The molecule has 0 saturated carbocycles. The summed E-state index contributed by atoms with van der Waals surface area (Å²) in [6.07, 6.45) is 0.408. The second-order valence-electron chi connectivity index (χ2n) is 4.48. The molecule has 1 amide bonds. The summed E-state index contributed by atoms with van der Waals surface area (Å²) in [7, 11) is 1.56. The van der Waals surface area contributed by atoms with E-state index in [0.717, 1.165) is 0 Å². The number of amides is 1. The Labute approximate surface area is 94.2 Å². The Bertz CT molecular complexity index is 429. The molecule has 0 bridgehead atoms. The molecule has 16 heavy (non-hydrogen) atoms. The van der Waals surface area contributed by atoms with Crippen LogP contribution in [0, 0.1) is 0 Å². The van der Waals surface area contributed by atoms with Crippen molar-refractivity contribution in [1.29, 1.82) is 0 Å². The number of carbonyl (C=O) groups is 1. The van der Waals surface area contributed by atoms with Crippen LogP contribution in [0.1, 0.15) is 20.3 Å². The van der Waals surface area contributed by atoms with Crippen molar-refractivity contribution >= 4 is 17.4 Å². The average molecular weight is 221 g/mol. The lowest BCUT2D eigenvalue weighted by Crippen LogP contribution is -2.33. The van der Waals surface area contributed by atoms with Gasteiger partial charge in [0.25, 0.3) is 0 Å². The van der Waals surface area contributed by atoms with Gasteiger partial charge in [0.15, 0.2) is 5.82 Å². The molecule has 1 aromatic heterocycles. The summed E-state index contributed by atoms with van der Waals surface area (Å²) in [6, 6.07) is 3.51. The number of fused-ring (bicyclic) bond motifs is 1. The van der Waals surface area contributed by atoms with Crippen LogP contribution in [0.15, 0.2) is 12.1 Å². The number of nitrogens with zero attached hydrogens (tertiary/aromatic N) is 1. The molecule has 1 aliphatic heterocycles. The molecule has 2 rings (SSSR count). The van der Waals surface area contributed by atoms with Gasteiger partial charge in [-0.25, -0.2) is 0 Å². The van der Waals surface area contributed by atoms with Gasteiger partial charge in [0.05, 0.1) is 12.8 Å². The van der Waals surface area contributed by atoms with Gasteiger partial charge in [-0.2, -0.15) is 4.98 Å². The Morgan fingerprint density at radius 2 is 2.19 bits per heavy atom. The normalized spacial score (nSPS) is 17.8. The molecular formula is C11H15N3O2. The van der Waals surface area contributed by atoms with Crippen LogP contribution >= 0.6 is 0 Å². The summed E-state index contributed by atoms with van der Waals surface area (Å²) in [6.45, 7) is 3.92. The van der Waals surface area contributed by atoms with E-state index in [-0.39, 0.29) is 11.4 Å². The number of hydrogen-bond donors (Lipinski definition) is 2. The zero-order chi connectivity index (χ0) is 11.8. The van der Waals surface area contributed by atoms with E-state index < -0.39 is 0 Å². The first kappa shape index (κ1) is 10.7. The predicted molar refractivity (Wildman–Crippen MR) is 61.7 cm³/mol. The Morgan fingerprint density at radius 1 is 1.44 bits per heavy atom. The molecule has 1 aromatic rings. The van der Waals surface area contributed by atoms with Crippen LogP contribution in [0.2, 0.25) is 0 Å². The topological polar surface area (TPSA) is 63.2 Å². The number of ether oxygens (including phenoxy) is 1.